The Morgan fingerprint density at radius 2 is 0.674 bits per heavy atom. The van der Waals surface area contributed by atoms with Gasteiger partial charge in [0.1, 0.15) is 18.8 Å². The highest BCUT2D eigenvalue weighted by molar-refractivity contribution is 5.81. The molecule has 46 heavy (non-hydrogen) atoms. The van der Waals surface area contributed by atoms with Crippen LogP contribution in [-0.4, -0.2) is 169 Å². The average Bonchev–Trinajstić information content (AvgIpc) is 3.01. The second-order valence-electron chi connectivity index (χ2n) is 10.1. The van der Waals surface area contributed by atoms with Crippen LogP contribution in [0.25, 0.3) is 0 Å². The second-order valence-corrected chi connectivity index (χ2v) is 10.1. The van der Waals surface area contributed by atoms with Crippen LogP contribution in [0.1, 0.15) is 20.8 Å². The second kappa shape index (κ2) is 34.6. The highest BCUT2D eigenvalue weighted by Gasteiger charge is 2.15. The number of carbonyl (C=O) groups is 2. The van der Waals surface area contributed by atoms with Gasteiger partial charge in [-0.1, -0.05) is 6.58 Å². The predicted molar refractivity (Wildman–Crippen MR) is 166 cm³/mol. The molecule has 15 heteroatoms. The monoisotopic (exact) mass is 670 g/mol. The number of hydrogen-bond acceptors (Lipinski definition) is 15. The number of rotatable bonds is 36. The van der Waals surface area contributed by atoms with E-state index in [-0.39, 0.29) is 13.2 Å². The Hall–Kier alpha value is -1.76. The molecule has 272 valence electrons. The third-order valence-corrected chi connectivity index (χ3v) is 5.00. The van der Waals surface area contributed by atoms with Crippen molar-refractivity contribution in [1.82, 2.24) is 0 Å². The molecule has 15 nitrogen and oxygen atoms in total. The maximum Gasteiger partial charge on any atom is 0.332 e. The third-order valence-electron chi connectivity index (χ3n) is 5.00. The summed E-state index contributed by atoms with van der Waals surface area (Å²) in [5.74, 6) is -0.854. The van der Waals surface area contributed by atoms with Gasteiger partial charge in [-0.2, -0.15) is 0 Å². The first-order chi connectivity index (χ1) is 22.3. The number of ether oxygens (including phenoxy) is 13. The zero-order chi connectivity index (χ0) is 33.8. The summed E-state index contributed by atoms with van der Waals surface area (Å²) >= 11 is 0. The number of hydrogen-bond donors (Lipinski definition) is 0. The zero-order valence-electron chi connectivity index (χ0n) is 28.2. The summed E-state index contributed by atoms with van der Waals surface area (Å²) < 4.78 is 69.2. The van der Waals surface area contributed by atoms with E-state index in [1.165, 1.54) is 0 Å². The molecule has 0 saturated heterocycles. The highest BCUT2D eigenvalue weighted by atomic mass is 16.6. The van der Waals surface area contributed by atoms with Crippen LogP contribution in [-0.2, 0) is 71.2 Å². The van der Waals surface area contributed by atoms with E-state index in [9.17, 15) is 9.59 Å². The minimum absolute atomic E-state index is 0.0875. The lowest BCUT2D eigenvalue weighted by Crippen LogP contribution is -2.27. The number of carbonyl (C=O) groups excluding carboxylic acids is 2. The van der Waals surface area contributed by atoms with Crippen molar-refractivity contribution in [3.63, 3.8) is 0 Å². The van der Waals surface area contributed by atoms with Crippen molar-refractivity contribution in [2.75, 3.05) is 152 Å². The Morgan fingerprint density at radius 1 is 0.435 bits per heavy atom. The van der Waals surface area contributed by atoms with Crippen molar-refractivity contribution >= 4 is 11.9 Å². The van der Waals surface area contributed by atoms with Crippen molar-refractivity contribution in [2.45, 2.75) is 26.4 Å². The molecular formula is C31H58O15. The fourth-order valence-corrected chi connectivity index (χ4v) is 2.99. The SMILES string of the molecule is C=CC(=O)OCCOCCOCCOCCOCCOCCOCCOCCOCCOCCOCCOCC(=O)OC(C)(C)C. The van der Waals surface area contributed by atoms with E-state index >= 15 is 0 Å². The van der Waals surface area contributed by atoms with Gasteiger partial charge in [0, 0.05) is 6.08 Å². The summed E-state index contributed by atoms with van der Waals surface area (Å²) in [5.41, 5.74) is -0.515. The Labute approximate surface area is 274 Å². The molecule has 0 radical (unpaired) electrons. The summed E-state index contributed by atoms with van der Waals surface area (Å²) in [6, 6.07) is 0. The summed E-state index contributed by atoms with van der Waals surface area (Å²) in [6.45, 7) is 18.3. The Morgan fingerprint density at radius 3 is 0.913 bits per heavy atom. The molecule has 0 fully saturated rings. The zero-order valence-corrected chi connectivity index (χ0v) is 28.2. The first kappa shape index (κ1) is 44.2. The minimum Gasteiger partial charge on any atom is -0.460 e. The van der Waals surface area contributed by atoms with E-state index in [1.807, 2.05) is 20.8 Å². The molecule has 0 N–H and O–H groups in total. The summed E-state index contributed by atoms with van der Waals surface area (Å²) in [5, 5.41) is 0. The van der Waals surface area contributed by atoms with Crippen LogP contribution in [0, 0.1) is 0 Å². The summed E-state index contributed by atoms with van der Waals surface area (Å²) in [4.78, 5) is 22.3. The normalized spacial score (nSPS) is 11.5. The molecule has 0 amide bonds. The topological polar surface area (TPSA) is 154 Å². The molecule has 0 aromatic carbocycles. The molecule has 0 heterocycles. The van der Waals surface area contributed by atoms with E-state index < -0.39 is 17.5 Å². The molecule has 0 aliphatic rings. The molecule has 0 atom stereocenters. The van der Waals surface area contributed by atoms with Gasteiger partial charge in [0.25, 0.3) is 0 Å². The van der Waals surface area contributed by atoms with Crippen LogP contribution in [0.3, 0.4) is 0 Å². The van der Waals surface area contributed by atoms with Crippen molar-refractivity contribution < 1.29 is 71.2 Å². The first-order valence-corrected chi connectivity index (χ1v) is 15.7. The standard InChI is InChI=1S/C31H58O15/c1-5-29(32)45-27-26-43-23-22-41-19-18-39-15-14-37-11-10-35-7-6-34-8-9-36-12-13-38-16-17-40-20-21-42-24-25-44-28-30(33)46-31(2,3)4/h5H,1,6-28H2,2-4H3. The molecule has 0 rings (SSSR count). The van der Waals surface area contributed by atoms with Crippen LogP contribution in [0.15, 0.2) is 12.7 Å². The van der Waals surface area contributed by atoms with Crippen molar-refractivity contribution in [1.29, 1.82) is 0 Å². The molecule has 0 spiro atoms. The molecule has 0 aromatic heterocycles. The van der Waals surface area contributed by atoms with Crippen LogP contribution < -0.4 is 0 Å². The van der Waals surface area contributed by atoms with Gasteiger partial charge >= 0.3 is 11.9 Å². The van der Waals surface area contributed by atoms with Crippen LogP contribution >= 0.6 is 0 Å². The molecule has 0 bridgehead atoms. The minimum atomic E-state index is -0.515. The van der Waals surface area contributed by atoms with Crippen molar-refractivity contribution in [3.8, 4) is 0 Å². The van der Waals surface area contributed by atoms with Crippen molar-refractivity contribution in [2.24, 2.45) is 0 Å². The van der Waals surface area contributed by atoms with E-state index in [0.29, 0.717) is 139 Å². The first-order valence-electron chi connectivity index (χ1n) is 15.7. The summed E-state index contributed by atoms with van der Waals surface area (Å²) in [6.07, 6.45) is 1.11. The lowest BCUT2D eigenvalue weighted by Gasteiger charge is -2.19. The van der Waals surface area contributed by atoms with Crippen LogP contribution in [0.2, 0.25) is 0 Å². The van der Waals surface area contributed by atoms with E-state index in [1.54, 1.807) is 0 Å². The lowest BCUT2D eigenvalue weighted by atomic mass is 10.2. The van der Waals surface area contributed by atoms with E-state index in [4.69, 9.17) is 61.6 Å². The average molecular weight is 671 g/mol. The fraction of sp³-hybridized carbons (Fsp3) is 0.871. The third kappa shape index (κ3) is 38.4. The smallest absolute Gasteiger partial charge is 0.332 e. The Balaban J connectivity index is 3.11. The Bertz CT molecular complexity index is 687. The lowest BCUT2D eigenvalue weighted by molar-refractivity contribution is -0.160. The predicted octanol–water partition coefficient (Wildman–Crippen LogP) is 1.24. The largest absolute Gasteiger partial charge is 0.460 e. The van der Waals surface area contributed by atoms with Crippen molar-refractivity contribution in [3.05, 3.63) is 12.7 Å². The maximum atomic E-state index is 11.5. The molecule has 0 saturated carbocycles. The highest BCUT2D eigenvalue weighted by Crippen LogP contribution is 2.06. The van der Waals surface area contributed by atoms with E-state index in [2.05, 4.69) is 6.58 Å². The van der Waals surface area contributed by atoms with Gasteiger partial charge < -0.3 is 61.6 Å². The van der Waals surface area contributed by atoms with Gasteiger partial charge in [0.15, 0.2) is 0 Å². The van der Waals surface area contributed by atoms with Gasteiger partial charge in [-0.05, 0) is 20.8 Å². The van der Waals surface area contributed by atoms with Crippen LogP contribution in [0.5, 0.6) is 0 Å². The van der Waals surface area contributed by atoms with E-state index in [0.717, 1.165) is 6.08 Å². The molecule has 0 aliphatic carbocycles. The van der Waals surface area contributed by atoms with Gasteiger partial charge in [-0.3, -0.25) is 0 Å². The molecular weight excluding hydrogens is 612 g/mol. The summed E-state index contributed by atoms with van der Waals surface area (Å²) in [7, 11) is 0. The van der Waals surface area contributed by atoms with Gasteiger partial charge in [0.05, 0.1) is 139 Å². The van der Waals surface area contributed by atoms with Gasteiger partial charge in [-0.25, -0.2) is 9.59 Å². The quantitative estimate of drug-likeness (QED) is 0.0533. The molecule has 0 aromatic rings. The fourth-order valence-electron chi connectivity index (χ4n) is 2.99. The Kier molecular flexibility index (Phi) is 33.2. The molecule has 0 aliphatic heterocycles. The van der Waals surface area contributed by atoms with Gasteiger partial charge in [0.2, 0.25) is 0 Å². The molecule has 0 unspecified atom stereocenters. The van der Waals surface area contributed by atoms with Gasteiger partial charge in [-0.15, -0.1) is 0 Å². The maximum absolute atomic E-state index is 11.5. The van der Waals surface area contributed by atoms with Crippen LogP contribution in [0.4, 0.5) is 0 Å². The number of esters is 2.